The highest BCUT2D eigenvalue weighted by Gasteiger charge is 2.00. The van der Waals surface area contributed by atoms with Crippen LogP contribution in [0, 0.1) is 0 Å². The summed E-state index contributed by atoms with van der Waals surface area (Å²) >= 11 is 5.89. The monoisotopic (exact) mass is 201 g/mol. The van der Waals surface area contributed by atoms with E-state index < -0.39 is 0 Å². The molecule has 0 aliphatic rings. The number of hydrogen-bond acceptors (Lipinski definition) is 3. The summed E-state index contributed by atoms with van der Waals surface area (Å²) < 4.78 is 5.03. The molecule has 4 heteroatoms. The number of aliphatic hydroxyl groups excluding tert-OH is 1. The molecule has 0 saturated heterocycles. The smallest absolute Gasteiger partial charge is 0.121 e. The molecule has 0 aromatic heterocycles. The summed E-state index contributed by atoms with van der Waals surface area (Å²) in [5.41, 5.74) is 0.773. The van der Waals surface area contributed by atoms with E-state index in [0.717, 1.165) is 11.4 Å². The van der Waals surface area contributed by atoms with Crippen LogP contribution in [0.4, 0.5) is 5.69 Å². The van der Waals surface area contributed by atoms with E-state index in [0.29, 0.717) is 11.6 Å². The maximum atomic E-state index is 8.61. The van der Waals surface area contributed by atoms with Gasteiger partial charge in [-0.1, -0.05) is 11.6 Å². The van der Waals surface area contributed by atoms with Gasteiger partial charge in [0.25, 0.3) is 0 Å². The van der Waals surface area contributed by atoms with E-state index in [9.17, 15) is 0 Å². The van der Waals surface area contributed by atoms with E-state index in [-0.39, 0.29) is 6.61 Å². The van der Waals surface area contributed by atoms with Crippen LogP contribution in [0.2, 0.25) is 5.02 Å². The van der Waals surface area contributed by atoms with Gasteiger partial charge in [-0.15, -0.1) is 0 Å². The number of ether oxygens (including phenoxy) is 1. The number of halogens is 1. The van der Waals surface area contributed by atoms with Gasteiger partial charge in [0.15, 0.2) is 0 Å². The number of aliphatic hydroxyl groups is 1. The highest BCUT2D eigenvalue weighted by Crippen LogP contribution is 2.26. The third-order valence-corrected chi connectivity index (χ3v) is 1.93. The summed E-state index contributed by atoms with van der Waals surface area (Å²) in [4.78, 5) is 0. The lowest BCUT2D eigenvalue weighted by molar-refractivity contribution is 0.311. The van der Waals surface area contributed by atoms with Crippen molar-refractivity contribution in [2.45, 2.75) is 0 Å². The van der Waals surface area contributed by atoms with Gasteiger partial charge in [0.05, 0.1) is 24.4 Å². The Morgan fingerprint density at radius 2 is 2.31 bits per heavy atom. The normalized spacial score (nSPS) is 9.77. The van der Waals surface area contributed by atoms with Crippen molar-refractivity contribution in [1.29, 1.82) is 0 Å². The van der Waals surface area contributed by atoms with Crippen LogP contribution in [0.15, 0.2) is 18.2 Å². The van der Waals surface area contributed by atoms with Crippen LogP contribution >= 0.6 is 11.6 Å². The second kappa shape index (κ2) is 4.94. The third kappa shape index (κ3) is 2.79. The van der Waals surface area contributed by atoms with Crippen LogP contribution in [-0.2, 0) is 0 Å². The molecule has 0 saturated carbocycles. The van der Waals surface area contributed by atoms with Gasteiger partial charge < -0.3 is 15.2 Å². The van der Waals surface area contributed by atoms with Gasteiger partial charge in [-0.2, -0.15) is 0 Å². The largest absolute Gasteiger partial charge is 0.497 e. The first kappa shape index (κ1) is 10.2. The Hall–Kier alpha value is -0.930. The lowest BCUT2D eigenvalue weighted by Gasteiger charge is -2.08. The van der Waals surface area contributed by atoms with Gasteiger partial charge in [-0.3, -0.25) is 0 Å². The Kier molecular flexibility index (Phi) is 3.86. The quantitative estimate of drug-likeness (QED) is 0.780. The molecular formula is C9H12ClNO2. The Labute approximate surface area is 82.3 Å². The molecule has 13 heavy (non-hydrogen) atoms. The van der Waals surface area contributed by atoms with Crippen molar-refractivity contribution < 1.29 is 9.84 Å². The number of hydrogen-bond donors (Lipinski definition) is 2. The Bertz CT molecular complexity index is 278. The average Bonchev–Trinajstić information content (AvgIpc) is 2.17. The molecule has 1 aromatic rings. The topological polar surface area (TPSA) is 41.5 Å². The molecule has 0 fully saturated rings. The first-order valence-electron chi connectivity index (χ1n) is 3.96. The van der Waals surface area contributed by atoms with Crippen molar-refractivity contribution in [3.63, 3.8) is 0 Å². The molecule has 1 aromatic carbocycles. The molecule has 0 unspecified atom stereocenters. The van der Waals surface area contributed by atoms with E-state index in [1.165, 1.54) is 0 Å². The van der Waals surface area contributed by atoms with Crippen LogP contribution in [0.5, 0.6) is 5.75 Å². The second-order valence-corrected chi connectivity index (χ2v) is 2.90. The maximum absolute atomic E-state index is 8.61. The van der Waals surface area contributed by atoms with Crippen molar-refractivity contribution in [2.24, 2.45) is 0 Å². The van der Waals surface area contributed by atoms with Crippen molar-refractivity contribution in [1.82, 2.24) is 0 Å². The summed E-state index contributed by atoms with van der Waals surface area (Å²) in [6.07, 6.45) is 0. The van der Waals surface area contributed by atoms with E-state index in [2.05, 4.69) is 5.32 Å². The molecule has 0 spiro atoms. The van der Waals surface area contributed by atoms with Crippen LogP contribution < -0.4 is 10.1 Å². The van der Waals surface area contributed by atoms with Gasteiger partial charge in [-0.05, 0) is 12.1 Å². The molecule has 1 rings (SSSR count). The standard InChI is InChI=1S/C9H12ClNO2/c1-13-7-2-3-8(10)9(6-7)11-4-5-12/h2-3,6,11-12H,4-5H2,1H3. The van der Waals surface area contributed by atoms with Gasteiger partial charge in [0.1, 0.15) is 5.75 Å². The van der Waals surface area contributed by atoms with Crippen LogP contribution in [0.1, 0.15) is 0 Å². The minimum absolute atomic E-state index is 0.0769. The van der Waals surface area contributed by atoms with Crippen molar-refractivity contribution >= 4 is 17.3 Å². The molecule has 0 heterocycles. The van der Waals surface area contributed by atoms with E-state index >= 15 is 0 Å². The zero-order valence-corrected chi connectivity index (χ0v) is 8.14. The maximum Gasteiger partial charge on any atom is 0.121 e. The van der Waals surface area contributed by atoms with Crippen LogP contribution in [-0.4, -0.2) is 25.4 Å². The summed E-state index contributed by atoms with van der Waals surface area (Å²) in [6, 6.07) is 5.32. The number of rotatable bonds is 4. The molecule has 0 radical (unpaired) electrons. The van der Waals surface area contributed by atoms with Crippen LogP contribution in [0.3, 0.4) is 0 Å². The SMILES string of the molecule is COc1ccc(Cl)c(NCCO)c1. The molecule has 72 valence electrons. The highest BCUT2D eigenvalue weighted by atomic mass is 35.5. The zero-order valence-electron chi connectivity index (χ0n) is 7.38. The average molecular weight is 202 g/mol. The lowest BCUT2D eigenvalue weighted by Crippen LogP contribution is -2.05. The van der Waals surface area contributed by atoms with E-state index in [1.807, 2.05) is 0 Å². The Morgan fingerprint density at radius 3 is 2.92 bits per heavy atom. The summed E-state index contributed by atoms with van der Waals surface area (Å²) in [7, 11) is 1.60. The number of nitrogens with one attached hydrogen (secondary N) is 1. The fraction of sp³-hybridized carbons (Fsp3) is 0.333. The minimum atomic E-state index is 0.0769. The number of benzene rings is 1. The summed E-state index contributed by atoms with van der Waals surface area (Å²) in [6.45, 7) is 0.556. The highest BCUT2D eigenvalue weighted by molar-refractivity contribution is 6.33. The molecular weight excluding hydrogens is 190 g/mol. The fourth-order valence-corrected chi connectivity index (χ4v) is 1.14. The summed E-state index contributed by atoms with van der Waals surface area (Å²) in [5.74, 6) is 0.741. The molecule has 0 aliphatic heterocycles. The number of anilines is 1. The second-order valence-electron chi connectivity index (χ2n) is 2.50. The molecule has 0 amide bonds. The number of methoxy groups -OCH3 is 1. The van der Waals surface area contributed by atoms with Crippen molar-refractivity contribution in [2.75, 3.05) is 25.6 Å². The Balaban J connectivity index is 2.78. The van der Waals surface area contributed by atoms with Crippen molar-refractivity contribution in [3.05, 3.63) is 23.2 Å². The Morgan fingerprint density at radius 1 is 1.54 bits per heavy atom. The molecule has 0 bridgehead atoms. The van der Waals surface area contributed by atoms with Crippen LogP contribution in [0.25, 0.3) is 0 Å². The minimum Gasteiger partial charge on any atom is -0.497 e. The fourth-order valence-electron chi connectivity index (χ4n) is 0.957. The zero-order chi connectivity index (χ0) is 9.68. The predicted molar refractivity (Wildman–Crippen MR) is 53.6 cm³/mol. The molecule has 0 aliphatic carbocycles. The van der Waals surface area contributed by atoms with E-state index in [1.54, 1.807) is 25.3 Å². The van der Waals surface area contributed by atoms with Gasteiger partial charge >= 0.3 is 0 Å². The van der Waals surface area contributed by atoms with Crippen molar-refractivity contribution in [3.8, 4) is 5.75 Å². The van der Waals surface area contributed by atoms with Gasteiger partial charge in [0, 0.05) is 12.6 Å². The lowest BCUT2D eigenvalue weighted by atomic mass is 10.3. The van der Waals surface area contributed by atoms with Gasteiger partial charge in [-0.25, -0.2) is 0 Å². The molecule has 2 N–H and O–H groups in total. The first-order valence-corrected chi connectivity index (χ1v) is 4.34. The third-order valence-electron chi connectivity index (χ3n) is 1.60. The molecule has 0 atom stereocenters. The summed E-state index contributed by atoms with van der Waals surface area (Å²) in [5, 5.41) is 12.2. The van der Waals surface area contributed by atoms with E-state index in [4.69, 9.17) is 21.4 Å². The van der Waals surface area contributed by atoms with Gasteiger partial charge in [0.2, 0.25) is 0 Å². The molecule has 3 nitrogen and oxygen atoms in total. The first-order chi connectivity index (χ1) is 6.27. The predicted octanol–water partition coefficient (Wildman–Crippen LogP) is 1.75.